The summed E-state index contributed by atoms with van der Waals surface area (Å²) in [5, 5.41) is 3.36. The molecule has 1 aromatic rings. The Labute approximate surface area is 94.5 Å². The fourth-order valence-electron chi connectivity index (χ4n) is 2.74. The van der Waals surface area contributed by atoms with Gasteiger partial charge in [0, 0.05) is 18.0 Å². The van der Waals surface area contributed by atoms with Crippen LogP contribution >= 0.6 is 0 Å². The van der Waals surface area contributed by atoms with E-state index in [-0.39, 0.29) is 5.56 Å². The first kappa shape index (κ1) is 10.0. The maximum Gasteiger partial charge on any atom is 0.254 e. The Balaban J connectivity index is 1.96. The number of fused-ring (bicyclic) bond motifs is 1. The molecule has 0 aromatic carbocycles. The van der Waals surface area contributed by atoms with Gasteiger partial charge in [0.15, 0.2) is 0 Å². The van der Waals surface area contributed by atoms with Crippen molar-refractivity contribution in [3.8, 4) is 0 Å². The zero-order valence-corrected chi connectivity index (χ0v) is 9.38. The van der Waals surface area contributed by atoms with E-state index in [1.807, 2.05) is 0 Å². The zero-order chi connectivity index (χ0) is 11.0. The molecule has 3 rings (SSSR count). The minimum Gasteiger partial charge on any atom is -0.316 e. The van der Waals surface area contributed by atoms with Gasteiger partial charge in [-0.25, -0.2) is 4.98 Å². The average molecular weight is 219 g/mol. The lowest BCUT2D eigenvalue weighted by Crippen LogP contribution is -2.31. The molecule has 86 valence electrons. The molecule has 16 heavy (non-hydrogen) atoms. The molecule has 2 heterocycles. The molecule has 0 radical (unpaired) electrons. The largest absolute Gasteiger partial charge is 0.316 e. The Kier molecular flexibility index (Phi) is 2.52. The van der Waals surface area contributed by atoms with E-state index in [4.69, 9.17) is 0 Å². The van der Waals surface area contributed by atoms with Crippen molar-refractivity contribution in [3.63, 3.8) is 0 Å². The third kappa shape index (κ3) is 1.67. The standard InChI is InChI=1S/C12H17N3O/c16-12-9-4-1-5-10(9)14-11(15-12)8-3-2-6-13-7-8/h8,13H,1-7H2,(H,14,15,16). The summed E-state index contributed by atoms with van der Waals surface area (Å²) in [5.41, 5.74) is 2.07. The number of nitrogens with one attached hydrogen (secondary N) is 2. The van der Waals surface area contributed by atoms with Gasteiger partial charge in [-0.2, -0.15) is 0 Å². The maximum atomic E-state index is 11.9. The smallest absolute Gasteiger partial charge is 0.254 e. The SMILES string of the molecule is O=c1[nH]c(C2CCCNC2)nc2c1CCC2. The molecule has 1 saturated heterocycles. The van der Waals surface area contributed by atoms with Crippen LogP contribution in [0.25, 0.3) is 0 Å². The van der Waals surface area contributed by atoms with E-state index in [0.29, 0.717) is 5.92 Å². The predicted molar refractivity (Wildman–Crippen MR) is 61.7 cm³/mol. The van der Waals surface area contributed by atoms with Gasteiger partial charge in [0.2, 0.25) is 0 Å². The van der Waals surface area contributed by atoms with Gasteiger partial charge >= 0.3 is 0 Å². The first-order valence-corrected chi connectivity index (χ1v) is 6.17. The van der Waals surface area contributed by atoms with Crippen molar-refractivity contribution in [2.75, 3.05) is 13.1 Å². The molecular weight excluding hydrogens is 202 g/mol. The molecule has 1 fully saturated rings. The lowest BCUT2D eigenvalue weighted by atomic mass is 9.98. The molecule has 1 unspecified atom stereocenters. The Morgan fingerprint density at radius 3 is 3.00 bits per heavy atom. The topological polar surface area (TPSA) is 57.8 Å². The summed E-state index contributed by atoms with van der Waals surface area (Å²) in [5.74, 6) is 1.30. The monoisotopic (exact) mass is 219 g/mol. The van der Waals surface area contributed by atoms with Crippen LogP contribution in [0.3, 0.4) is 0 Å². The van der Waals surface area contributed by atoms with Gasteiger partial charge in [-0.05, 0) is 38.6 Å². The molecule has 2 aliphatic rings. The van der Waals surface area contributed by atoms with Crippen LogP contribution in [0.2, 0.25) is 0 Å². The van der Waals surface area contributed by atoms with Gasteiger partial charge in [0.1, 0.15) is 5.82 Å². The number of rotatable bonds is 1. The zero-order valence-electron chi connectivity index (χ0n) is 9.38. The summed E-state index contributed by atoms with van der Waals surface area (Å²) < 4.78 is 0. The lowest BCUT2D eigenvalue weighted by molar-refractivity contribution is 0.444. The number of piperidine rings is 1. The van der Waals surface area contributed by atoms with Crippen molar-refractivity contribution < 1.29 is 0 Å². The second kappa shape index (κ2) is 4.01. The van der Waals surface area contributed by atoms with Crippen molar-refractivity contribution in [1.29, 1.82) is 0 Å². The maximum absolute atomic E-state index is 11.9. The summed E-state index contributed by atoms with van der Waals surface area (Å²) in [6, 6.07) is 0. The summed E-state index contributed by atoms with van der Waals surface area (Å²) in [6.07, 6.45) is 5.27. The molecular formula is C12H17N3O. The van der Waals surface area contributed by atoms with Crippen LogP contribution in [0.15, 0.2) is 4.79 Å². The number of aryl methyl sites for hydroxylation is 1. The van der Waals surface area contributed by atoms with Crippen LogP contribution in [-0.4, -0.2) is 23.1 Å². The molecule has 0 spiro atoms. The van der Waals surface area contributed by atoms with Crippen molar-refractivity contribution in [1.82, 2.24) is 15.3 Å². The van der Waals surface area contributed by atoms with Gasteiger partial charge in [-0.1, -0.05) is 0 Å². The molecule has 2 N–H and O–H groups in total. The van der Waals surface area contributed by atoms with Crippen LogP contribution in [-0.2, 0) is 12.8 Å². The third-order valence-corrected chi connectivity index (χ3v) is 3.64. The number of hydrogen-bond acceptors (Lipinski definition) is 3. The van der Waals surface area contributed by atoms with Crippen LogP contribution < -0.4 is 10.9 Å². The minimum absolute atomic E-state index is 0.100. The highest BCUT2D eigenvalue weighted by Crippen LogP contribution is 2.22. The number of aromatic nitrogens is 2. The number of H-pyrrole nitrogens is 1. The molecule has 4 heteroatoms. The first-order valence-electron chi connectivity index (χ1n) is 6.17. The quantitative estimate of drug-likeness (QED) is 0.732. The van der Waals surface area contributed by atoms with Gasteiger partial charge < -0.3 is 10.3 Å². The highest BCUT2D eigenvalue weighted by Gasteiger charge is 2.22. The summed E-state index contributed by atoms with van der Waals surface area (Å²) in [4.78, 5) is 19.5. The van der Waals surface area contributed by atoms with Crippen molar-refractivity contribution in [3.05, 3.63) is 27.4 Å². The van der Waals surface area contributed by atoms with Gasteiger partial charge in [0.05, 0.1) is 5.69 Å². The molecule has 4 nitrogen and oxygen atoms in total. The highest BCUT2D eigenvalue weighted by atomic mass is 16.1. The highest BCUT2D eigenvalue weighted by molar-refractivity contribution is 5.23. The molecule has 1 aliphatic heterocycles. The Hall–Kier alpha value is -1.16. The number of nitrogens with zero attached hydrogens (tertiary/aromatic N) is 1. The Morgan fingerprint density at radius 1 is 1.25 bits per heavy atom. The van der Waals surface area contributed by atoms with Crippen LogP contribution in [0.1, 0.15) is 42.3 Å². The van der Waals surface area contributed by atoms with E-state index in [1.165, 1.54) is 6.42 Å². The molecule has 1 atom stereocenters. The molecule has 1 aromatic heterocycles. The summed E-state index contributed by atoms with van der Waals surface area (Å²) >= 11 is 0. The fraction of sp³-hybridized carbons (Fsp3) is 0.667. The lowest BCUT2D eigenvalue weighted by Gasteiger charge is -2.22. The molecule has 0 bridgehead atoms. The fourth-order valence-corrected chi connectivity index (χ4v) is 2.74. The summed E-state index contributed by atoms with van der Waals surface area (Å²) in [6.45, 7) is 2.04. The predicted octanol–water partition coefficient (Wildman–Crippen LogP) is 0.726. The Morgan fingerprint density at radius 2 is 2.19 bits per heavy atom. The number of hydrogen-bond donors (Lipinski definition) is 2. The van der Waals surface area contributed by atoms with Crippen molar-refractivity contribution in [2.45, 2.75) is 38.0 Å². The van der Waals surface area contributed by atoms with E-state index < -0.39 is 0 Å². The second-order valence-electron chi connectivity index (χ2n) is 4.77. The number of aromatic amines is 1. The molecule has 0 saturated carbocycles. The van der Waals surface area contributed by atoms with E-state index in [1.54, 1.807) is 0 Å². The molecule has 1 aliphatic carbocycles. The Bertz CT molecular complexity index is 446. The van der Waals surface area contributed by atoms with E-state index >= 15 is 0 Å². The van der Waals surface area contributed by atoms with Crippen LogP contribution in [0, 0.1) is 0 Å². The van der Waals surface area contributed by atoms with E-state index in [9.17, 15) is 4.79 Å². The van der Waals surface area contributed by atoms with Crippen molar-refractivity contribution in [2.24, 2.45) is 0 Å². The third-order valence-electron chi connectivity index (χ3n) is 3.64. The normalized spacial score (nSPS) is 24.4. The van der Waals surface area contributed by atoms with E-state index in [2.05, 4.69) is 15.3 Å². The van der Waals surface area contributed by atoms with Crippen LogP contribution in [0.4, 0.5) is 0 Å². The van der Waals surface area contributed by atoms with Gasteiger partial charge in [-0.15, -0.1) is 0 Å². The minimum atomic E-state index is 0.100. The van der Waals surface area contributed by atoms with Gasteiger partial charge in [-0.3, -0.25) is 4.79 Å². The second-order valence-corrected chi connectivity index (χ2v) is 4.77. The van der Waals surface area contributed by atoms with Crippen LogP contribution in [0.5, 0.6) is 0 Å². The first-order chi connectivity index (χ1) is 7.84. The molecule has 0 amide bonds. The van der Waals surface area contributed by atoms with E-state index in [0.717, 1.165) is 55.9 Å². The van der Waals surface area contributed by atoms with Gasteiger partial charge in [0.25, 0.3) is 5.56 Å². The van der Waals surface area contributed by atoms with Crippen molar-refractivity contribution >= 4 is 0 Å². The average Bonchev–Trinajstić information content (AvgIpc) is 2.79. The summed E-state index contributed by atoms with van der Waals surface area (Å²) in [7, 11) is 0.